The minimum atomic E-state index is -0.733. The normalized spacial score (nSPS) is 15.9. The number of phenols is 1. The monoisotopic (exact) mass is 802 g/mol. The van der Waals surface area contributed by atoms with E-state index in [1.165, 1.54) is 31.4 Å². The zero-order chi connectivity index (χ0) is 42.1. The molecule has 0 saturated carbocycles. The molecule has 0 radical (unpaired) electrons. The molecule has 2 aliphatic heterocycles. The first-order valence-electron chi connectivity index (χ1n) is 19.5. The Morgan fingerprint density at radius 3 is 2.41 bits per heavy atom. The molecule has 2 N–H and O–H groups in total. The summed E-state index contributed by atoms with van der Waals surface area (Å²) in [4.78, 5) is 39.8. The minimum Gasteiger partial charge on any atom is -0.504 e. The molecule has 0 aliphatic carbocycles. The van der Waals surface area contributed by atoms with E-state index in [4.69, 9.17) is 24.0 Å². The van der Waals surface area contributed by atoms with Crippen LogP contribution in [0.4, 0.5) is 15.0 Å². The molecule has 0 bridgehead atoms. The number of carbonyl (C=O) groups is 2. The van der Waals surface area contributed by atoms with Crippen LogP contribution in [0, 0.1) is 28.5 Å². The molecule has 4 aromatic rings. The number of amides is 2. The topological polar surface area (TPSA) is 170 Å². The van der Waals surface area contributed by atoms with Gasteiger partial charge in [0.15, 0.2) is 17.8 Å². The summed E-state index contributed by atoms with van der Waals surface area (Å²) in [6.07, 6.45) is 7.50. The third-order valence-electron chi connectivity index (χ3n) is 10.1. The van der Waals surface area contributed by atoms with Gasteiger partial charge in [0.25, 0.3) is 5.91 Å². The fourth-order valence-electron chi connectivity index (χ4n) is 7.10. The van der Waals surface area contributed by atoms with Gasteiger partial charge in [-0.15, -0.1) is 0 Å². The lowest BCUT2D eigenvalue weighted by Gasteiger charge is -2.40. The van der Waals surface area contributed by atoms with Crippen LogP contribution in [-0.4, -0.2) is 71.7 Å². The van der Waals surface area contributed by atoms with Crippen molar-refractivity contribution in [2.24, 2.45) is 0 Å². The SMILES string of the molecule is COc1ccc(-c2cnc(N3CCC(N(Cc4ccc(/C=C/C(=O)NOC5CCCCO5)cc4)C(=O)OC(C)(C)C)CC3)c(C#N)c2-c2ccc(C#N)c(F)c2)cc1O. The number of piperidine rings is 1. The van der Waals surface area contributed by atoms with Crippen molar-refractivity contribution in [3.05, 3.63) is 101 Å². The fourth-order valence-corrected chi connectivity index (χ4v) is 7.10. The number of phenolic OH excluding ortho intramolecular Hbond substituents is 1. The maximum atomic E-state index is 15.1. The summed E-state index contributed by atoms with van der Waals surface area (Å²) >= 11 is 0. The predicted octanol–water partition coefficient (Wildman–Crippen LogP) is 8.01. The quantitative estimate of drug-likeness (QED) is 0.111. The van der Waals surface area contributed by atoms with Crippen LogP contribution in [0.25, 0.3) is 28.3 Å². The molecule has 14 heteroatoms. The first-order chi connectivity index (χ1) is 28.4. The fraction of sp³-hybridized carbons (Fsp3) is 0.356. The molecular weight excluding hydrogens is 756 g/mol. The number of rotatable bonds is 11. The number of methoxy groups -OCH3 is 1. The largest absolute Gasteiger partial charge is 0.504 e. The van der Waals surface area contributed by atoms with Crippen LogP contribution in [0.5, 0.6) is 11.5 Å². The molecule has 6 rings (SSSR count). The van der Waals surface area contributed by atoms with Gasteiger partial charge in [-0.2, -0.15) is 10.5 Å². The molecule has 1 unspecified atom stereocenters. The Labute approximate surface area is 343 Å². The van der Waals surface area contributed by atoms with Crippen LogP contribution in [0.3, 0.4) is 0 Å². The Morgan fingerprint density at radius 2 is 1.78 bits per heavy atom. The summed E-state index contributed by atoms with van der Waals surface area (Å²) in [5.41, 5.74) is 5.15. The van der Waals surface area contributed by atoms with E-state index in [9.17, 15) is 25.2 Å². The molecule has 59 heavy (non-hydrogen) atoms. The maximum absolute atomic E-state index is 15.1. The molecule has 2 amide bonds. The van der Waals surface area contributed by atoms with Crippen LogP contribution in [0.1, 0.15) is 75.1 Å². The Morgan fingerprint density at radius 1 is 1.03 bits per heavy atom. The average molecular weight is 803 g/mol. The van der Waals surface area contributed by atoms with Crippen molar-refractivity contribution in [2.75, 3.05) is 31.7 Å². The number of carbonyl (C=O) groups excluding carboxylic acids is 2. The zero-order valence-electron chi connectivity index (χ0n) is 33.5. The average Bonchev–Trinajstić information content (AvgIpc) is 3.23. The van der Waals surface area contributed by atoms with E-state index in [0.717, 1.165) is 30.4 Å². The van der Waals surface area contributed by atoms with Crippen molar-refractivity contribution in [2.45, 2.75) is 77.4 Å². The second-order valence-electron chi connectivity index (χ2n) is 15.3. The first-order valence-corrected chi connectivity index (χ1v) is 19.5. The molecule has 1 aromatic heterocycles. The Kier molecular flexibility index (Phi) is 13.5. The number of aromatic nitrogens is 1. The number of hydrogen-bond acceptors (Lipinski definition) is 11. The maximum Gasteiger partial charge on any atom is 0.410 e. The van der Waals surface area contributed by atoms with E-state index in [1.807, 2.05) is 56.0 Å². The van der Waals surface area contributed by atoms with E-state index >= 15 is 4.39 Å². The van der Waals surface area contributed by atoms with Gasteiger partial charge in [-0.25, -0.2) is 24.5 Å². The number of hydrogen-bond donors (Lipinski definition) is 2. The van der Waals surface area contributed by atoms with Gasteiger partial charge in [-0.1, -0.05) is 36.4 Å². The summed E-state index contributed by atoms with van der Waals surface area (Å²) in [6, 6.07) is 20.4. The van der Waals surface area contributed by atoms with Crippen LogP contribution >= 0.6 is 0 Å². The van der Waals surface area contributed by atoms with Crippen LogP contribution < -0.4 is 15.1 Å². The highest BCUT2D eigenvalue weighted by molar-refractivity contribution is 5.91. The number of nitriles is 2. The summed E-state index contributed by atoms with van der Waals surface area (Å²) < 4.78 is 31.6. The molecule has 13 nitrogen and oxygen atoms in total. The molecule has 0 spiro atoms. The van der Waals surface area contributed by atoms with Gasteiger partial charge in [0.2, 0.25) is 0 Å². The predicted molar refractivity (Wildman–Crippen MR) is 218 cm³/mol. The molecule has 2 saturated heterocycles. The Bertz CT molecular complexity index is 2260. The third kappa shape index (κ3) is 10.5. The smallest absolute Gasteiger partial charge is 0.410 e. The number of nitrogens with one attached hydrogen (secondary N) is 1. The van der Waals surface area contributed by atoms with E-state index in [0.29, 0.717) is 60.6 Å². The Hall–Kier alpha value is -6.48. The lowest BCUT2D eigenvalue weighted by Crippen LogP contribution is -2.48. The van der Waals surface area contributed by atoms with Crippen LogP contribution in [0.2, 0.25) is 0 Å². The molecular formula is C45H47FN6O7. The summed E-state index contributed by atoms with van der Waals surface area (Å²) in [6.45, 7) is 7.23. The number of anilines is 1. The number of halogens is 1. The molecule has 2 fully saturated rings. The molecule has 306 valence electrons. The molecule has 3 aromatic carbocycles. The third-order valence-corrected chi connectivity index (χ3v) is 10.1. The summed E-state index contributed by atoms with van der Waals surface area (Å²) in [5.74, 6) is -0.609. The lowest BCUT2D eigenvalue weighted by molar-refractivity contribution is -0.198. The number of pyridine rings is 1. The minimum absolute atomic E-state index is 0.120. The van der Waals surface area contributed by atoms with Gasteiger partial charge in [0.05, 0.1) is 12.7 Å². The molecule has 1 atom stereocenters. The van der Waals surface area contributed by atoms with Crippen LogP contribution in [0.15, 0.2) is 72.9 Å². The first kappa shape index (κ1) is 42.1. The van der Waals surface area contributed by atoms with Gasteiger partial charge in [-0.3, -0.25) is 4.79 Å². The number of aromatic hydroxyl groups is 1. The van der Waals surface area contributed by atoms with Gasteiger partial charge in [0, 0.05) is 62.1 Å². The van der Waals surface area contributed by atoms with Crippen LogP contribution in [-0.2, 0) is 25.7 Å². The van der Waals surface area contributed by atoms with Crippen molar-refractivity contribution >= 4 is 23.9 Å². The number of hydroxylamine groups is 1. The highest BCUT2D eigenvalue weighted by Crippen LogP contribution is 2.41. The summed E-state index contributed by atoms with van der Waals surface area (Å²) in [7, 11) is 1.44. The number of benzene rings is 3. The lowest BCUT2D eigenvalue weighted by atomic mass is 9.91. The van der Waals surface area contributed by atoms with E-state index in [2.05, 4.69) is 11.5 Å². The second kappa shape index (κ2) is 18.9. The van der Waals surface area contributed by atoms with Crippen molar-refractivity contribution in [1.29, 1.82) is 10.5 Å². The van der Waals surface area contributed by atoms with Gasteiger partial charge in [-0.05, 0) is 99.0 Å². The van der Waals surface area contributed by atoms with Gasteiger partial charge in [0.1, 0.15) is 34.9 Å². The number of ether oxygens (including phenoxy) is 3. The summed E-state index contributed by atoms with van der Waals surface area (Å²) in [5, 5.41) is 30.7. The Balaban J connectivity index is 1.21. The van der Waals surface area contributed by atoms with Gasteiger partial charge < -0.3 is 29.1 Å². The molecule has 3 heterocycles. The highest BCUT2D eigenvalue weighted by Gasteiger charge is 2.33. The highest BCUT2D eigenvalue weighted by atomic mass is 19.1. The van der Waals surface area contributed by atoms with E-state index < -0.39 is 29.7 Å². The molecule has 2 aliphatic rings. The van der Waals surface area contributed by atoms with Crippen molar-refractivity contribution in [3.8, 4) is 45.9 Å². The van der Waals surface area contributed by atoms with E-state index in [-0.39, 0.29) is 35.2 Å². The van der Waals surface area contributed by atoms with Crippen molar-refractivity contribution in [3.63, 3.8) is 0 Å². The second-order valence-corrected chi connectivity index (χ2v) is 15.3. The van der Waals surface area contributed by atoms with Crippen molar-refractivity contribution in [1.82, 2.24) is 15.4 Å². The standard InChI is InChI=1S/C45H47FN6O7/c1-45(2,3)58-44(55)52(28-30-10-8-29(9-11-30)12-17-40(54)50-59-41-7-5-6-22-57-41)34-18-20-51(21-19-34)43-35(26-48)42(32-13-14-33(25-47)37(46)23-32)36(27-49-43)31-15-16-39(56-4)38(53)24-31/h8-17,23-24,27,34,41,53H,5-7,18-22,28H2,1-4H3,(H,50,54)/b17-12+. The van der Waals surface area contributed by atoms with Crippen molar-refractivity contribution < 1.29 is 38.1 Å². The number of nitrogens with zero attached hydrogens (tertiary/aromatic N) is 5. The van der Waals surface area contributed by atoms with Gasteiger partial charge >= 0.3 is 6.09 Å². The zero-order valence-corrected chi connectivity index (χ0v) is 33.5. The van der Waals surface area contributed by atoms with E-state index in [1.54, 1.807) is 35.4 Å².